The van der Waals surface area contributed by atoms with E-state index in [1.165, 1.54) is 0 Å². The summed E-state index contributed by atoms with van der Waals surface area (Å²) in [5.41, 5.74) is 1.16. The van der Waals surface area contributed by atoms with Gasteiger partial charge >= 0.3 is 0 Å². The molecule has 4 nitrogen and oxygen atoms in total. The van der Waals surface area contributed by atoms with Crippen molar-refractivity contribution < 1.29 is 14.3 Å². The van der Waals surface area contributed by atoms with Crippen molar-refractivity contribution in [2.24, 2.45) is 0 Å². The summed E-state index contributed by atoms with van der Waals surface area (Å²) in [6.45, 7) is 3.19. The predicted octanol–water partition coefficient (Wildman–Crippen LogP) is 3.87. The van der Waals surface area contributed by atoms with Gasteiger partial charge in [-0.2, -0.15) is 0 Å². The Morgan fingerprint density at radius 1 is 1.12 bits per heavy atom. The van der Waals surface area contributed by atoms with Crippen molar-refractivity contribution in [2.75, 3.05) is 19.8 Å². The fraction of sp³-hybridized carbons (Fsp3) is 0.316. The van der Waals surface area contributed by atoms with Crippen molar-refractivity contribution in [3.05, 3.63) is 59.1 Å². The largest absolute Gasteiger partial charge is 0.494 e. The van der Waals surface area contributed by atoms with Gasteiger partial charge in [-0.05, 0) is 49.6 Å². The van der Waals surface area contributed by atoms with Crippen LogP contribution in [0, 0.1) is 0 Å². The lowest BCUT2D eigenvalue weighted by Crippen LogP contribution is -2.29. The SMILES string of the molecule is CCOc1ccccc1CCCNC(=O)COc1cccc(Cl)c1. The maximum Gasteiger partial charge on any atom is 0.257 e. The topological polar surface area (TPSA) is 47.6 Å². The van der Waals surface area contributed by atoms with Crippen LogP contribution in [0.25, 0.3) is 0 Å². The molecule has 2 aromatic rings. The molecule has 0 aliphatic rings. The molecule has 2 rings (SSSR count). The van der Waals surface area contributed by atoms with Gasteiger partial charge in [-0.1, -0.05) is 35.9 Å². The molecule has 0 saturated carbocycles. The first kappa shape index (κ1) is 18.1. The zero-order valence-electron chi connectivity index (χ0n) is 13.8. The number of benzene rings is 2. The maximum atomic E-state index is 11.8. The number of rotatable bonds is 9. The molecule has 0 aromatic heterocycles. The second-order valence-corrected chi connectivity index (χ2v) is 5.68. The van der Waals surface area contributed by atoms with Gasteiger partial charge in [0.1, 0.15) is 11.5 Å². The van der Waals surface area contributed by atoms with Gasteiger partial charge in [0.25, 0.3) is 5.91 Å². The molecule has 24 heavy (non-hydrogen) atoms. The molecule has 1 N–H and O–H groups in total. The summed E-state index contributed by atoms with van der Waals surface area (Å²) < 4.78 is 11.0. The van der Waals surface area contributed by atoms with Crippen LogP contribution in [0.2, 0.25) is 5.02 Å². The van der Waals surface area contributed by atoms with Gasteiger partial charge in [-0.3, -0.25) is 4.79 Å². The molecule has 1 amide bonds. The van der Waals surface area contributed by atoms with Gasteiger partial charge in [0.2, 0.25) is 0 Å². The minimum atomic E-state index is -0.145. The highest BCUT2D eigenvalue weighted by molar-refractivity contribution is 6.30. The molecule has 0 bridgehead atoms. The average Bonchev–Trinajstić information content (AvgIpc) is 2.58. The lowest BCUT2D eigenvalue weighted by atomic mass is 10.1. The quantitative estimate of drug-likeness (QED) is 0.700. The molecule has 0 heterocycles. The van der Waals surface area contributed by atoms with Crippen molar-refractivity contribution in [1.82, 2.24) is 5.32 Å². The van der Waals surface area contributed by atoms with Gasteiger partial charge in [0.15, 0.2) is 6.61 Å². The van der Waals surface area contributed by atoms with Crippen LogP contribution in [0.1, 0.15) is 18.9 Å². The van der Waals surface area contributed by atoms with Crippen LogP contribution in [0.5, 0.6) is 11.5 Å². The van der Waals surface area contributed by atoms with Gasteiger partial charge in [0.05, 0.1) is 6.61 Å². The molecule has 2 aromatic carbocycles. The fourth-order valence-electron chi connectivity index (χ4n) is 2.27. The normalized spacial score (nSPS) is 10.2. The van der Waals surface area contributed by atoms with E-state index in [1.807, 2.05) is 25.1 Å². The third kappa shape index (κ3) is 6.13. The molecule has 0 spiro atoms. The molecule has 0 fully saturated rings. The van der Waals surface area contributed by atoms with Crippen LogP contribution in [-0.4, -0.2) is 25.7 Å². The number of para-hydroxylation sites is 1. The van der Waals surface area contributed by atoms with Gasteiger partial charge in [0, 0.05) is 11.6 Å². The average molecular weight is 348 g/mol. The smallest absolute Gasteiger partial charge is 0.257 e. The molecule has 0 saturated heterocycles. The lowest BCUT2D eigenvalue weighted by molar-refractivity contribution is -0.123. The zero-order valence-corrected chi connectivity index (χ0v) is 14.5. The second-order valence-electron chi connectivity index (χ2n) is 5.24. The number of halogens is 1. The Kier molecular flexibility index (Phi) is 7.43. The highest BCUT2D eigenvalue weighted by atomic mass is 35.5. The monoisotopic (exact) mass is 347 g/mol. The van der Waals surface area contributed by atoms with E-state index in [-0.39, 0.29) is 12.5 Å². The Balaban J connectivity index is 1.68. The first-order valence-corrected chi connectivity index (χ1v) is 8.42. The molecule has 0 radical (unpaired) electrons. The predicted molar refractivity (Wildman–Crippen MR) is 95.9 cm³/mol. The van der Waals surface area contributed by atoms with Gasteiger partial charge in [-0.15, -0.1) is 0 Å². The summed E-state index contributed by atoms with van der Waals surface area (Å²) in [4.78, 5) is 11.8. The van der Waals surface area contributed by atoms with E-state index in [9.17, 15) is 4.79 Å². The Morgan fingerprint density at radius 3 is 2.75 bits per heavy atom. The van der Waals surface area contributed by atoms with Crippen molar-refractivity contribution in [3.8, 4) is 11.5 Å². The molecular weight excluding hydrogens is 326 g/mol. The third-order valence-electron chi connectivity index (χ3n) is 3.38. The molecule has 0 unspecified atom stereocenters. The van der Waals surface area contributed by atoms with Crippen molar-refractivity contribution in [3.63, 3.8) is 0 Å². The molecule has 0 atom stereocenters. The summed E-state index contributed by atoms with van der Waals surface area (Å²) in [5, 5.41) is 3.44. The van der Waals surface area contributed by atoms with Crippen LogP contribution < -0.4 is 14.8 Å². The zero-order chi connectivity index (χ0) is 17.2. The Hall–Kier alpha value is -2.20. The Labute approximate surface area is 147 Å². The maximum absolute atomic E-state index is 11.8. The number of carbonyl (C=O) groups excluding carboxylic acids is 1. The highest BCUT2D eigenvalue weighted by Gasteiger charge is 2.05. The van der Waals surface area contributed by atoms with Crippen LogP contribution in [0.4, 0.5) is 0 Å². The molecule has 0 aliphatic heterocycles. The first-order chi connectivity index (χ1) is 11.7. The molecule has 0 aliphatic carbocycles. The summed E-state index contributed by atoms with van der Waals surface area (Å²) in [5.74, 6) is 1.35. The summed E-state index contributed by atoms with van der Waals surface area (Å²) >= 11 is 5.87. The standard InChI is InChI=1S/C19H22ClNO3/c1-2-23-18-11-4-3-7-15(18)8-6-12-21-19(22)14-24-17-10-5-9-16(20)13-17/h3-5,7,9-11,13H,2,6,8,12,14H2,1H3,(H,21,22). The highest BCUT2D eigenvalue weighted by Crippen LogP contribution is 2.19. The van der Waals surface area contributed by atoms with Gasteiger partial charge in [-0.25, -0.2) is 0 Å². The van der Waals surface area contributed by atoms with Crippen LogP contribution in [0.15, 0.2) is 48.5 Å². The van der Waals surface area contributed by atoms with Crippen LogP contribution >= 0.6 is 11.6 Å². The number of hydrogen-bond acceptors (Lipinski definition) is 3. The molecular formula is C19H22ClNO3. The van der Waals surface area contributed by atoms with Gasteiger partial charge < -0.3 is 14.8 Å². The number of ether oxygens (including phenoxy) is 2. The van der Waals surface area contributed by atoms with Crippen molar-refractivity contribution in [2.45, 2.75) is 19.8 Å². The second kappa shape index (κ2) is 9.83. The summed E-state index contributed by atoms with van der Waals surface area (Å²) in [6, 6.07) is 15.0. The van der Waals surface area contributed by atoms with Crippen molar-refractivity contribution >= 4 is 17.5 Å². The number of nitrogens with one attached hydrogen (secondary N) is 1. The van der Waals surface area contributed by atoms with E-state index in [4.69, 9.17) is 21.1 Å². The summed E-state index contributed by atoms with van der Waals surface area (Å²) in [6.07, 6.45) is 1.69. The number of aryl methyl sites for hydroxylation is 1. The lowest BCUT2D eigenvalue weighted by Gasteiger charge is -2.10. The molecule has 128 valence electrons. The van der Waals surface area contributed by atoms with Crippen molar-refractivity contribution in [1.29, 1.82) is 0 Å². The van der Waals surface area contributed by atoms with E-state index >= 15 is 0 Å². The number of amides is 1. The minimum Gasteiger partial charge on any atom is -0.494 e. The van der Waals surface area contributed by atoms with Crippen LogP contribution in [-0.2, 0) is 11.2 Å². The van der Waals surface area contributed by atoms with E-state index in [0.29, 0.717) is 23.9 Å². The summed E-state index contributed by atoms with van der Waals surface area (Å²) in [7, 11) is 0. The first-order valence-electron chi connectivity index (χ1n) is 8.05. The van der Waals surface area contributed by atoms with E-state index in [2.05, 4.69) is 11.4 Å². The van der Waals surface area contributed by atoms with Crippen LogP contribution in [0.3, 0.4) is 0 Å². The third-order valence-corrected chi connectivity index (χ3v) is 3.62. The number of carbonyl (C=O) groups is 1. The number of hydrogen-bond donors (Lipinski definition) is 1. The van der Waals surface area contributed by atoms with E-state index < -0.39 is 0 Å². The Bertz CT molecular complexity index is 661. The van der Waals surface area contributed by atoms with E-state index in [1.54, 1.807) is 24.3 Å². The Morgan fingerprint density at radius 2 is 1.96 bits per heavy atom. The fourth-order valence-corrected chi connectivity index (χ4v) is 2.45. The van der Waals surface area contributed by atoms with E-state index in [0.717, 1.165) is 24.2 Å². The minimum absolute atomic E-state index is 0.0180. The molecule has 5 heteroatoms.